The Morgan fingerprint density at radius 1 is 1.39 bits per heavy atom. The van der Waals surface area contributed by atoms with Crippen LogP contribution in [0.1, 0.15) is 32.8 Å². The summed E-state index contributed by atoms with van der Waals surface area (Å²) in [5.74, 6) is 1.81. The predicted molar refractivity (Wildman–Crippen MR) is 76.1 cm³/mol. The Morgan fingerprint density at radius 3 is 2.61 bits per heavy atom. The van der Waals surface area contributed by atoms with Crippen LogP contribution in [0.2, 0.25) is 0 Å². The maximum Gasteiger partial charge on any atom is 0.122 e. The quantitative estimate of drug-likeness (QED) is 0.833. The molecule has 0 amide bonds. The molecule has 0 bridgehead atoms. The minimum absolute atomic E-state index is 0.509. The summed E-state index contributed by atoms with van der Waals surface area (Å²) >= 11 is 0. The molecule has 2 unspecified atom stereocenters. The highest BCUT2D eigenvalue weighted by Gasteiger charge is 2.49. The normalized spacial score (nSPS) is 22.6. The number of methoxy groups -OCH3 is 1. The van der Waals surface area contributed by atoms with Crippen LogP contribution < -0.4 is 10.1 Å². The molecule has 1 aromatic rings. The summed E-state index contributed by atoms with van der Waals surface area (Å²) in [5.41, 5.74) is 1.82. The molecule has 1 aromatic carbocycles. The smallest absolute Gasteiger partial charge is 0.122 e. The van der Waals surface area contributed by atoms with Crippen molar-refractivity contribution in [2.24, 2.45) is 11.3 Å². The molecule has 1 fully saturated rings. The molecule has 0 heterocycles. The van der Waals surface area contributed by atoms with Crippen molar-refractivity contribution in [3.8, 4) is 5.75 Å². The van der Waals surface area contributed by atoms with E-state index in [4.69, 9.17) is 4.74 Å². The zero-order valence-corrected chi connectivity index (χ0v) is 12.0. The molecule has 2 heteroatoms. The van der Waals surface area contributed by atoms with Gasteiger partial charge in [-0.2, -0.15) is 0 Å². The van der Waals surface area contributed by atoms with Crippen LogP contribution in [0.25, 0.3) is 0 Å². The van der Waals surface area contributed by atoms with Crippen molar-refractivity contribution < 1.29 is 4.74 Å². The predicted octanol–water partition coefficient (Wildman–Crippen LogP) is 3.26. The van der Waals surface area contributed by atoms with E-state index in [9.17, 15) is 0 Å². The lowest BCUT2D eigenvalue weighted by Crippen LogP contribution is -2.34. The first-order chi connectivity index (χ1) is 8.58. The standard InChI is InChI=1S/C16H25NO/c1-5-17-14(13-11-16(13,2)3)10-12-8-6-7-9-15(12)18-4/h6-9,13-14,17H,5,10-11H2,1-4H3. The molecule has 2 rings (SSSR count). The lowest BCUT2D eigenvalue weighted by atomic mass is 9.96. The molecule has 0 spiro atoms. The average molecular weight is 247 g/mol. The second-order valence-electron chi connectivity index (χ2n) is 5.98. The fourth-order valence-electron chi connectivity index (χ4n) is 2.92. The lowest BCUT2D eigenvalue weighted by Gasteiger charge is -2.21. The van der Waals surface area contributed by atoms with Gasteiger partial charge in [-0.3, -0.25) is 0 Å². The van der Waals surface area contributed by atoms with Crippen LogP contribution in [-0.4, -0.2) is 19.7 Å². The summed E-state index contributed by atoms with van der Waals surface area (Å²) in [6.07, 6.45) is 2.39. The van der Waals surface area contributed by atoms with Crippen LogP contribution in [0.5, 0.6) is 5.75 Å². The van der Waals surface area contributed by atoms with Gasteiger partial charge in [-0.15, -0.1) is 0 Å². The van der Waals surface area contributed by atoms with E-state index in [1.807, 2.05) is 6.07 Å². The number of nitrogens with one attached hydrogen (secondary N) is 1. The van der Waals surface area contributed by atoms with Crippen LogP contribution in [0.4, 0.5) is 0 Å². The summed E-state index contributed by atoms with van der Waals surface area (Å²) < 4.78 is 5.45. The number of hydrogen-bond acceptors (Lipinski definition) is 2. The maximum atomic E-state index is 5.45. The number of hydrogen-bond donors (Lipinski definition) is 1. The van der Waals surface area contributed by atoms with Gasteiger partial charge in [0.1, 0.15) is 5.75 Å². The molecular weight excluding hydrogens is 222 g/mol. The number of likely N-dealkylation sites (N-methyl/N-ethyl adjacent to an activating group) is 1. The Morgan fingerprint density at radius 2 is 2.06 bits per heavy atom. The van der Waals surface area contributed by atoms with Gasteiger partial charge >= 0.3 is 0 Å². The molecule has 0 aromatic heterocycles. The summed E-state index contributed by atoms with van der Waals surface area (Å²) in [4.78, 5) is 0. The molecule has 2 nitrogen and oxygen atoms in total. The van der Waals surface area contributed by atoms with E-state index in [0.29, 0.717) is 11.5 Å². The van der Waals surface area contributed by atoms with Crippen LogP contribution in [0, 0.1) is 11.3 Å². The minimum atomic E-state index is 0.509. The van der Waals surface area contributed by atoms with E-state index < -0.39 is 0 Å². The van der Waals surface area contributed by atoms with E-state index in [1.54, 1.807) is 7.11 Å². The van der Waals surface area contributed by atoms with Gasteiger partial charge in [0.25, 0.3) is 0 Å². The Balaban J connectivity index is 2.09. The Kier molecular flexibility index (Phi) is 3.96. The Hall–Kier alpha value is -1.02. The van der Waals surface area contributed by atoms with Crippen molar-refractivity contribution >= 4 is 0 Å². The van der Waals surface area contributed by atoms with Crippen molar-refractivity contribution in [3.63, 3.8) is 0 Å². The molecule has 0 radical (unpaired) electrons. The third-order valence-corrected chi connectivity index (χ3v) is 4.17. The zero-order chi connectivity index (χ0) is 13.2. The first-order valence-electron chi connectivity index (χ1n) is 6.93. The lowest BCUT2D eigenvalue weighted by molar-refractivity contribution is 0.386. The summed E-state index contributed by atoms with van der Waals surface area (Å²) in [5, 5.41) is 3.64. The van der Waals surface area contributed by atoms with Crippen molar-refractivity contribution in [1.29, 1.82) is 0 Å². The molecule has 1 aliphatic carbocycles. The van der Waals surface area contributed by atoms with Crippen LogP contribution >= 0.6 is 0 Å². The minimum Gasteiger partial charge on any atom is -0.496 e. The highest BCUT2D eigenvalue weighted by molar-refractivity contribution is 5.34. The van der Waals surface area contributed by atoms with E-state index in [0.717, 1.165) is 24.6 Å². The highest BCUT2D eigenvalue weighted by atomic mass is 16.5. The SMILES string of the molecule is CCNC(Cc1ccccc1OC)C1CC1(C)C. The molecule has 1 saturated carbocycles. The number of rotatable bonds is 6. The molecule has 1 aliphatic rings. The largest absolute Gasteiger partial charge is 0.496 e. The second kappa shape index (κ2) is 5.31. The highest BCUT2D eigenvalue weighted by Crippen LogP contribution is 2.54. The summed E-state index contributed by atoms with van der Waals surface area (Å²) in [7, 11) is 1.75. The zero-order valence-electron chi connectivity index (χ0n) is 12.0. The third-order valence-electron chi connectivity index (χ3n) is 4.17. The van der Waals surface area contributed by atoms with Crippen LogP contribution in [0.15, 0.2) is 24.3 Å². The van der Waals surface area contributed by atoms with Crippen LogP contribution in [-0.2, 0) is 6.42 Å². The van der Waals surface area contributed by atoms with E-state index >= 15 is 0 Å². The fourth-order valence-corrected chi connectivity index (χ4v) is 2.92. The van der Waals surface area contributed by atoms with Gasteiger partial charge in [0.2, 0.25) is 0 Å². The van der Waals surface area contributed by atoms with Crippen molar-refractivity contribution in [1.82, 2.24) is 5.32 Å². The first-order valence-corrected chi connectivity index (χ1v) is 6.93. The number of benzene rings is 1. The third kappa shape index (κ3) is 2.86. The van der Waals surface area contributed by atoms with Gasteiger partial charge < -0.3 is 10.1 Å². The van der Waals surface area contributed by atoms with Crippen molar-refractivity contribution in [2.75, 3.05) is 13.7 Å². The second-order valence-corrected chi connectivity index (χ2v) is 5.98. The maximum absolute atomic E-state index is 5.45. The molecule has 100 valence electrons. The number of ether oxygens (including phenoxy) is 1. The van der Waals surface area contributed by atoms with E-state index in [-0.39, 0.29) is 0 Å². The van der Waals surface area contributed by atoms with Gasteiger partial charge in [-0.1, -0.05) is 39.0 Å². The van der Waals surface area contributed by atoms with E-state index in [1.165, 1.54) is 12.0 Å². The Bertz CT molecular complexity index is 400. The molecule has 0 saturated heterocycles. The van der Waals surface area contributed by atoms with Gasteiger partial charge in [0.05, 0.1) is 7.11 Å². The molecule has 18 heavy (non-hydrogen) atoms. The summed E-state index contributed by atoms with van der Waals surface area (Å²) in [6, 6.07) is 8.93. The van der Waals surface area contributed by atoms with Gasteiger partial charge in [0.15, 0.2) is 0 Å². The van der Waals surface area contributed by atoms with Gasteiger partial charge in [0, 0.05) is 6.04 Å². The fraction of sp³-hybridized carbons (Fsp3) is 0.625. The monoisotopic (exact) mass is 247 g/mol. The average Bonchev–Trinajstić information content (AvgIpc) is 2.98. The molecule has 0 aliphatic heterocycles. The summed E-state index contributed by atoms with van der Waals surface area (Å²) in [6.45, 7) is 7.95. The molecule has 1 N–H and O–H groups in total. The Labute approximate surface area is 111 Å². The van der Waals surface area contributed by atoms with Crippen molar-refractivity contribution in [2.45, 2.75) is 39.7 Å². The molecule has 2 atom stereocenters. The first kappa shape index (κ1) is 13.4. The molecular formula is C16H25NO. The number of para-hydroxylation sites is 1. The van der Waals surface area contributed by atoms with Crippen molar-refractivity contribution in [3.05, 3.63) is 29.8 Å². The van der Waals surface area contributed by atoms with Gasteiger partial charge in [-0.05, 0) is 42.3 Å². The topological polar surface area (TPSA) is 21.3 Å². The van der Waals surface area contributed by atoms with E-state index in [2.05, 4.69) is 44.3 Å². The van der Waals surface area contributed by atoms with Crippen LogP contribution in [0.3, 0.4) is 0 Å². The van der Waals surface area contributed by atoms with Gasteiger partial charge in [-0.25, -0.2) is 0 Å².